The van der Waals surface area contributed by atoms with Gasteiger partial charge in [0.05, 0.1) is 23.2 Å². The first-order valence-corrected chi connectivity index (χ1v) is 14.0. The Bertz CT molecular complexity index is 1410. The summed E-state index contributed by atoms with van der Waals surface area (Å²) in [6, 6.07) is 20.2. The van der Waals surface area contributed by atoms with Crippen LogP contribution in [0.25, 0.3) is 17.1 Å². The molecule has 7 nitrogen and oxygen atoms in total. The number of fused-ring (bicyclic) bond motifs is 1. The lowest BCUT2D eigenvalue weighted by molar-refractivity contribution is 0.0528. The number of benzene rings is 2. The quantitative estimate of drug-likeness (QED) is 0.267. The Morgan fingerprint density at radius 1 is 1.00 bits per heavy atom. The molecule has 4 aromatic rings. The van der Waals surface area contributed by atoms with E-state index in [-0.39, 0.29) is 5.97 Å². The third-order valence-electron chi connectivity index (χ3n) is 6.56. The minimum Gasteiger partial charge on any atom is -0.462 e. The number of piperazine rings is 1. The second kappa shape index (κ2) is 12.2. The van der Waals surface area contributed by atoms with Crippen LogP contribution in [0.4, 0.5) is 16.6 Å². The van der Waals surface area contributed by atoms with Crippen LogP contribution < -0.4 is 10.2 Å². The fourth-order valence-electron chi connectivity index (χ4n) is 4.52. The topological polar surface area (TPSA) is 70.6 Å². The van der Waals surface area contributed by atoms with Crippen LogP contribution in [0.1, 0.15) is 34.6 Å². The Kier molecular flexibility index (Phi) is 8.31. The number of carbonyl (C=O) groups excluding carboxylic acids is 1. The van der Waals surface area contributed by atoms with E-state index in [4.69, 9.17) is 14.7 Å². The van der Waals surface area contributed by atoms with Crippen molar-refractivity contribution in [2.24, 2.45) is 0 Å². The first-order valence-electron chi connectivity index (χ1n) is 13.2. The Hall–Kier alpha value is -3.75. The van der Waals surface area contributed by atoms with Crippen molar-refractivity contribution in [1.82, 2.24) is 14.9 Å². The van der Waals surface area contributed by atoms with Gasteiger partial charge in [-0.3, -0.25) is 4.90 Å². The Labute approximate surface area is 227 Å². The van der Waals surface area contributed by atoms with Gasteiger partial charge in [-0.25, -0.2) is 14.8 Å². The number of aryl methyl sites for hydroxylation is 1. The van der Waals surface area contributed by atoms with Gasteiger partial charge in [-0.05, 0) is 37.1 Å². The third-order valence-corrected chi connectivity index (χ3v) is 7.75. The number of nitrogens with one attached hydrogen (secondary N) is 1. The number of hydrogen-bond donors (Lipinski definition) is 1. The summed E-state index contributed by atoms with van der Waals surface area (Å²) < 4.78 is 5.32. The lowest BCUT2D eigenvalue weighted by Gasteiger charge is -2.35. The zero-order chi connectivity index (χ0) is 26.3. The van der Waals surface area contributed by atoms with E-state index in [1.54, 1.807) is 11.3 Å². The first kappa shape index (κ1) is 25.9. The number of nitrogens with zero attached hydrogens (tertiary/aromatic N) is 4. The minimum atomic E-state index is -0.321. The molecular weight excluding hydrogens is 494 g/mol. The summed E-state index contributed by atoms with van der Waals surface area (Å²) in [6.45, 7) is 8.70. The van der Waals surface area contributed by atoms with Gasteiger partial charge in [0.15, 0.2) is 11.6 Å². The summed E-state index contributed by atoms with van der Waals surface area (Å²) in [4.78, 5) is 28.5. The molecule has 1 aliphatic rings. The van der Waals surface area contributed by atoms with Gasteiger partial charge in [0.2, 0.25) is 0 Å². The van der Waals surface area contributed by atoms with Crippen LogP contribution >= 0.6 is 11.3 Å². The fraction of sp³-hybridized carbons (Fsp3) is 0.300. The molecule has 8 heteroatoms. The molecule has 0 atom stereocenters. The van der Waals surface area contributed by atoms with E-state index in [1.165, 1.54) is 5.56 Å². The zero-order valence-corrected chi connectivity index (χ0v) is 22.7. The molecule has 0 bridgehead atoms. The Morgan fingerprint density at radius 3 is 2.42 bits per heavy atom. The third kappa shape index (κ3) is 6.03. The molecule has 0 saturated carbocycles. The van der Waals surface area contributed by atoms with Crippen molar-refractivity contribution >= 4 is 51.1 Å². The molecule has 2 aromatic carbocycles. The van der Waals surface area contributed by atoms with Crippen molar-refractivity contribution < 1.29 is 9.53 Å². The van der Waals surface area contributed by atoms with Crippen LogP contribution in [0.2, 0.25) is 0 Å². The maximum atomic E-state index is 12.7. The number of carbonyl (C=O) groups is 1. The highest BCUT2D eigenvalue weighted by molar-refractivity contribution is 7.16. The molecule has 0 radical (unpaired) electrons. The number of para-hydroxylation sites is 2. The first-order chi connectivity index (χ1) is 18.6. The van der Waals surface area contributed by atoms with Crippen LogP contribution in [0.5, 0.6) is 0 Å². The molecule has 1 saturated heterocycles. The number of anilines is 3. The summed E-state index contributed by atoms with van der Waals surface area (Å²) in [5.41, 5.74) is 3.43. The lowest BCUT2D eigenvalue weighted by atomic mass is 10.2. The van der Waals surface area contributed by atoms with Crippen LogP contribution in [0.3, 0.4) is 0 Å². The van der Waals surface area contributed by atoms with Crippen molar-refractivity contribution in [3.05, 3.63) is 82.7 Å². The summed E-state index contributed by atoms with van der Waals surface area (Å²) >= 11 is 1.56. The molecule has 1 aliphatic heterocycles. The predicted molar refractivity (Wildman–Crippen MR) is 157 cm³/mol. The minimum absolute atomic E-state index is 0.321. The highest BCUT2D eigenvalue weighted by Gasteiger charge is 2.24. The normalized spacial score (nSPS) is 14.3. The largest absolute Gasteiger partial charge is 0.462 e. The maximum absolute atomic E-state index is 12.7. The SMILES string of the molecule is CCOC(=O)c1cc(CC)sc1Nc1nc2ccccc2nc1N1CCN(CC=Cc2ccccc2)CC1. The van der Waals surface area contributed by atoms with Crippen molar-refractivity contribution in [1.29, 1.82) is 0 Å². The van der Waals surface area contributed by atoms with E-state index in [0.29, 0.717) is 18.0 Å². The molecule has 2 aromatic heterocycles. The summed E-state index contributed by atoms with van der Waals surface area (Å²) in [6.07, 6.45) is 5.25. The molecule has 0 aliphatic carbocycles. The predicted octanol–water partition coefficient (Wildman–Crippen LogP) is 6.01. The van der Waals surface area contributed by atoms with E-state index in [2.05, 4.69) is 58.5 Å². The standard InChI is InChI=1S/C30H33N5O2S/c1-3-23-21-24(30(36)37-4-2)29(38-23)33-27-28(32-26-15-9-8-14-25(26)31-27)35-19-17-34(18-20-35)16-10-13-22-11-6-5-7-12-22/h5-15,21H,3-4,16-20H2,1-2H3,(H,31,33). The van der Waals surface area contributed by atoms with E-state index in [9.17, 15) is 4.79 Å². The van der Waals surface area contributed by atoms with Gasteiger partial charge in [0.25, 0.3) is 0 Å². The van der Waals surface area contributed by atoms with E-state index in [1.807, 2.05) is 43.3 Å². The van der Waals surface area contributed by atoms with E-state index >= 15 is 0 Å². The number of thiophene rings is 1. The van der Waals surface area contributed by atoms with Crippen molar-refractivity contribution in [2.75, 3.05) is 49.5 Å². The molecule has 3 heterocycles. The summed E-state index contributed by atoms with van der Waals surface area (Å²) in [7, 11) is 0. The smallest absolute Gasteiger partial charge is 0.341 e. The number of esters is 1. The fourth-order valence-corrected chi connectivity index (χ4v) is 5.50. The summed E-state index contributed by atoms with van der Waals surface area (Å²) in [5.74, 6) is 1.15. The van der Waals surface area contributed by atoms with Gasteiger partial charge in [0.1, 0.15) is 5.00 Å². The lowest BCUT2D eigenvalue weighted by Crippen LogP contribution is -2.46. The Balaban J connectivity index is 1.36. The molecule has 0 unspecified atom stereocenters. The van der Waals surface area contributed by atoms with Gasteiger partial charge < -0.3 is 15.0 Å². The molecule has 1 fully saturated rings. The van der Waals surface area contributed by atoms with Crippen LogP contribution in [0, 0.1) is 0 Å². The van der Waals surface area contributed by atoms with Gasteiger partial charge in [-0.1, -0.05) is 61.5 Å². The molecule has 1 N–H and O–H groups in total. The van der Waals surface area contributed by atoms with E-state index < -0.39 is 0 Å². The second-order valence-electron chi connectivity index (χ2n) is 9.14. The number of ether oxygens (including phenoxy) is 1. The highest BCUT2D eigenvalue weighted by Crippen LogP contribution is 2.35. The van der Waals surface area contributed by atoms with Gasteiger partial charge in [0, 0.05) is 37.6 Å². The van der Waals surface area contributed by atoms with Gasteiger partial charge in [-0.2, -0.15) is 0 Å². The molecule has 196 valence electrons. The average molecular weight is 528 g/mol. The number of hydrogen-bond acceptors (Lipinski definition) is 8. The van der Waals surface area contributed by atoms with Crippen LogP contribution in [-0.4, -0.2) is 60.2 Å². The van der Waals surface area contributed by atoms with Crippen molar-refractivity contribution in [3.63, 3.8) is 0 Å². The summed E-state index contributed by atoms with van der Waals surface area (Å²) in [5, 5.41) is 4.21. The van der Waals surface area contributed by atoms with Gasteiger partial charge >= 0.3 is 5.97 Å². The molecule has 5 rings (SSSR count). The zero-order valence-electron chi connectivity index (χ0n) is 21.9. The van der Waals surface area contributed by atoms with Crippen molar-refractivity contribution in [2.45, 2.75) is 20.3 Å². The molecule has 38 heavy (non-hydrogen) atoms. The monoisotopic (exact) mass is 527 g/mol. The molecular formula is C30H33N5O2S. The van der Waals surface area contributed by atoms with Gasteiger partial charge in [-0.15, -0.1) is 11.3 Å². The molecule has 0 amide bonds. The number of aromatic nitrogens is 2. The van der Waals surface area contributed by atoms with Crippen LogP contribution in [-0.2, 0) is 11.2 Å². The van der Waals surface area contributed by atoms with E-state index in [0.717, 1.165) is 65.9 Å². The molecule has 0 spiro atoms. The van der Waals surface area contributed by atoms with Crippen LogP contribution in [0.15, 0.2) is 66.7 Å². The second-order valence-corrected chi connectivity index (χ2v) is 10.3. The Morgan fingerprint density at radius 2 is 1.71 bits per heavy atom. The average Bonchev–Trinajstić information content (AvgIpc) is 3.37. The highest BCUT2D eigenvalue weighted by atomic mass is 32.1. The number of rotatable bonds is 9. The maximum Gasteiger partial charge on any atom is 0.341 e. The van der Waals surface area contributed by atoms with Crippen molar-refractivity contribution in [3.8, 4) is 0 Å².